The molecule has 6 nitrogen and oxygen atoms in total. The minimum Gasteiger partial charge on any atom is -0.340 e. The molecule has 1 fully saturated rings. The second-order valence-electron chi connectivity index (χ2n) is 6.50. The normalized spacial score (nSPS) is 19.8. The minimum atomic E-state index is -0.153. The predicted octanol–water partition coefficient (Wildman–Crippen LogP) is 2.20. The van der Waals surface area contributed by atoms with Crippen LogP contribution in [0.1, 0.15) is 48.7 Å². The first-order chi connectivity index (χ1) is 11.0. The monoisotopic (exact) mass is 315 g/mol. The van der Waals surface area contributed by atoms with Crippen molar-refractivity contribution < 1.29 is 4.79 Å². The summed E-state index contributed by atoms with van der Waals surface area (Å²) < 4.78 is 3.84. The largest absolute Gasteiger partial charge is 0.340 e. The van der Waals surface area contributed by atoms with Crippen LogP contribution in [0.25, 0.3) is 0 Å². The number of aryl methyl sites for hydroxylation is 2. The summed E-state index contributed by atoms with van der Waals surface area (Å²) in [6, 6.07) is 2.22. The van der Waals surface area contributed by atoms with Gasteiger partial charge in [0.25, 0.3) is 0 Å². The lowest BCUT2D eigenvalue weighted by molar-refractivity contribution is -0.134. The Kier molecular flexibility index (Phi) is 4.24. The van der Waals surface area contributed by atoms with Gasteiger partial charge < -0.3 is 4.90 Å². The summed E-state index contributed by atoms with van der Waals surface area (Å²) >= 11 is 0. The van der Waals surface area contributed by atoms with Crippen molar-refractivity contribution in [1.29, 1.82) is 0 Å². The van der Waals surface area contributed by atoms with E-state index in [1.807, 2.05) is 54.3 Å². The fourth-order valence-corrected chi connectivity index (χ4v) is 3.68. The van der Waals surface area contributed by atoms with E-state index in [0.717, 1.165) is 42.9 Å². The van der Waals surface area contributed by atoms with Gasteiger partial charge in [-0.05, 0) is 39.7 Å². The number of hydrogen-bond donors (Lipinski definition) is 0. The third kappa shape index (κ3) is 2.90. The van der Waals surface area contributed by atoms with E-state index in [1.54, 1.807) is 6.20 Å². The SMILES string of the molecule is Cc1nn(C)c(C)c1[C@@H](C)C(=O)N1CCC[C@@H](n2cccn2)C1. The Morgan fingerprint density at radius 1 is 1.39 bits per heavy atom. The molecule has 0 N–H and O–H groups in total. The van der Waals surface area contributed by atoms with Gasteiger partial charge in [-0.3, -0.25) is 14.2 Å². The number of aromatic nitrogens is 4. The molecule has 1 saturated heterocycles. The van der Waals surface area contributed by atoms with E-state index in [9.17, 15) is 4.79 Å². The molecule has 0 bridgehead atoms. The Morgan fingerprint density at radius 2 is 2.17 bits per heavy atom. The number of hydrogen-bond acceptors (Lipinski definition) is 3. The van der Waals surface area contributed by atoms with Gasteiger partial charge in [0.05, 0.1) is 17.7 Å². The summed E-state index contributed by atoms with van der Waals surface area (Å²) in [5.74, 6) is 0.0427. The standard InChI is InChI=1S/C17H25N5O/c1-12(16-13(2)19-20(4)14(16)3)17(23)21-9-5-7-15(11-21)22-10-6-8-18-22/h6,8,10,12,15H,5,7,9,11H2,1-4H3/t12-,15-/m1/s1. The lowest BCUT2D eigenvalue weighted by Crippen LogP contribution is -2.42. The Morgan fingerprint density at radius 3 is 2.78 bits per heavy atom. The minimum absolute atomic E-state index is 0.153. The Labute approximate surface area is 137 Å². The molecule has 0 radical (unpaired) electrons. The summed E-state index contributed by atoms with van der Waals surface area (Å²) in [6.07, 6.45) is 5.88. The molecule has 1 aliphatic rings. The summed E-state index contributed by atoms with van der Waals surface area (Å²) in [4.78, 5) is 15.0. The van der Waals surface area contributed by atoms with Crippen LogP contribution in [-0.4, -0.2) is 43.5 Å². The third-order valence-electron chi connectivity index (χ3n) is 4.98. The number of rotatable bonds is 3. The van der Waals surface area contributed by atoms with Gasteiger partial charge in [0, 0.05) is 43.8 Å². The molecule has 124 valence electrons. The topological polar surface area (TPSA) is 56.0 Å². The lowest BCUT2D eigenvalue weighted by atomic mass is 9.96. The van der Waals surface area contributed by atoms with E-state index >= 15 is 0 Å². The molecule has 0 aromatic carbocycles. The molecular formula is C17H25N5O. The van der Waals surface area contributed by atoms with Crippen molar-refractivity contribution in [3.8, 4) is 0 Å². The third-order valence-corrected chi connectivity index (χ3v) is 4.98. The van der Waals surface area contributed by atoms with Gasteiger partial charge in [-0.2, -0.15) is 10.2 Å². The molecule has 2 atom stereocenters. The van der Waals surface area contributed by atoms with E-state index in [1.165, 1.54) is 0 Å². The molecule has 0 spiro atoms. The summed E-state index contributed by atoms with van der Waals surface area (Å²) in [5, 5.41) is 8.78. The molecule has 0 unspecified atom stereocenters. The molecule has 1 aliphatic heterocycles. The van der Waals surface area contributed by atoms with Crippen LogP contribution < -0.4 is 0 Å². The van der Waals surface area contributed by atoms with Crippen molar-refractivity contribution in [2.45, 2.75) is 45.6 Å². The second kappa shape index (κ2) is 6.18. The van der Waals surface area contributed by atoms with Crippen molar-refractivity contribution in [3.63, 3.8) is 0 Å². The molecule has 0 saturated carbocycles. The highest BCUT2D eigenvalue weighted by molar-refractivity contribution is 5.84. The molecule has 2 aromatic rings. The van der Waals surface area contributed by atoms with E-state index < -0.39 is 0 Å². The van der Waals surface area contributed by atoms with Crippen LogP contribution in [0.3, 0.4) is 0 Å². The maximum Gasteiger partial charge on any atom is 0.230 e. The number of carbonyl (C=O) groups excluding carboxylic acids is 1. The van der Waals surface area contributed by atoms with Crippen LogP contribution in [0.5, 0.6) is 0 Å². The van der Waals surface area contributed by atoms with Gasteiger partial charge in [0.1, 0.15) is 0 Å². The zero-order valence-electron chi connectivity index (χ0n) is 14.4. The predicted molar refractivity (Wildman–Crippen MR) is 88.2 cm³/mol. The quantitative estimate of drug-likeness (QED) is 0.872. The van der Waals surface area contributed by atoms with E-state index in [-0.39, 0.29) is 17.9 Å². The highest BCUT2D eigenvalue weighted by atomic mass is 16.2. The average Bonchev–Trinajstić information content (AvgIpc) is 3.16. The van der Waals surface area contributed by atoms with E-state index in [4.69, 9.17) is 0 Å². The molecule has 3 rings (SSSR count). The Hall–Kier alpha value is -2.11. The fraction of sp³-hybridized carbons (Fsp3) is 0.588. The zero-order chi connectivity index (χ0) is 16.6. The van der Waals surface area contributed by atoms with Crippen molar-refractivity contribution in [2.75, 3.05) is 13.1 Å². The molecule has 23 heavy (non-hydrogen) atoms. The molecular weight excluding hydrogens is 290 g/mol. The van der Waals surface area contributed by atoms with Crippen molar-refractivity contribution in [3.05, 3.63) is 35.4 Å². The van der Waals surface area contributed by atoms with Crippen LogP contribution >= 0.6 is 0 Å². The first-order valence-electron chi connectivity index (χ1n) is 8.27. The molecule has 1 amide bonds. The molecule has 6 heteroatoms. The molecule has 0 aliphatic carbocycles. The number of likely N-dealkylation sites (tertiary alicyclic amines) is 1. The number of piperidine rings is 1. The van der Waals surface area contributed by atoms with Crippen LogP contribution in [0.4, 0.5) is 0 Å². The van der Waals surface area contributed by atoms with Crippen LogP contribution in [-0.2, 0) is 11.8 Å². The smallest absolute Gasteiger partial charge is 0.230 e. The van der Waals surface area contributed by atoms with Gasteiger partial charge in [-0.25, -0.2) is 0 Å². The summed E-state index contributed by atoms with van der Waals surface area (Å²) in [5.41, 5.74) is 3.09. The van der Waals surface area contributed by atoms with Crippen LogP contribution in [0, 0.1) is 13.8 Å². The second-order valence-corrected chi connectivity index (χ2v) is 6.50. The molecule has 3 heterocycles. The Bertz CT molecular complexity index is 688. The highest BCUT2D eigenvalue weighted by Crippen LogP contribution is 2.28. The first-order valence-corrected chi connectivity index (χ1v) is 8.27. The number of carbonyl (C=O) groups is 1. The molecule has 2 aromatic heterocycles. The van der Waals surface area contributed by atoms with Crippen LogP contribution in [0.15, 0.2) is 18.5 Å². The van der Waals surface area contributed by atoms with Gasteiger partial charge in [0.2, 0.25) is 5.91 Å². The maximum atomic E-state index is 13.0. The van der Waals surface area contributed by atoms with E-state index in [0.29, 0.717) is 0 Å². The van der Waals surface area contributed by atoms with Gasteiger partial charge in [-0.1, -0.05) is 0 Å². The highest BCUT2D eigenvalue weighted by Gasteiger charge is 2.30. The number of nitrogens with zero attached hydrogens (tertiary/aromatic N) is 5. The zero-order valence-corrected chi connectivity index (χ0v) is 14.4. The van der Waals surface area contributed by atoms with Crippen LogP contribution in [0.2, 0.25) is 0 Å². The summed E-state index contributed by atoms with van der Waals surface area (Å²) in [7, 11) is 1.93. The van der Waals surface area contributed by atoms with Gasteiger partial charge in [0.15, 0.2) is 0 Å². The van der Waals surface area contributed by atoms with Crippen molar-refractivity contribution >= 4 is 5.91 Å². The van der Waals surface area contributed by atoms with E-state index in [2.05, 4.69) is 10.2 Å². The van der Waals surface area contributed by atoms with Crippen molar-refractivity contribution in [1.82, 2.24) is 24.5 Å². The number of amides is 1. The van der Waals surface area contributed by atoms with Gasteiger partial charge >= 0.3 is 0 Å². The van der Waals surface area contributed by atoms with Crippen molar-refractivity contribution in [2.24, 2.45) is 7.05 Å². The maximum absolute atomic E-state index is 13.0. The first kappa shape index (κ1) is 15.8. The fourth-order valence-electron chi connectivity index (χ4n) is 3.68. The average molecular weight is 315 g/mol. The van der Waals surface area contributed by atoms with Gasteiger partial charge in [-0.15, -0.1) is 0 Å². The lowest BCUT2D eigenvalue weighted by Gasteiger charge is -2.34. The Balaban J connectivity index is 1.77. The summed E-state index contributed by atoms with van der Waals surface area (Å²) in [6.45, 7) is 7.58.